The van der Waals surface area contributed by atoms with E-state index in [2.05, 4.69) is 0 Å². The van der Waals surface area contributed by atoms with E-state index >= 15 is 0 Å². The van der Waals surface area contributed by atoms with Crippen molar-refractivity contribution in [3.05, 3.63) is 40.5 Å². The van der Waals surface area contributed by atoms with E-state index in [4.69, 9.17) is 0 Å². The topological polar surface area (TPSA) is 67.0 Å². The maximum atomic E-state index is 12.4. The zero-order chi connectivity index (χ0) is 13.1. The van der Waals surface area contributed by atoms with E-state index in [9.17, 15) is 26.4 Å². The van der Waals surface area contributed by atoms with Crippen LogP contribution in [0.25, 0.3) is 0 Å². The van der Waals surface area contributed by atoms with Gasteiger partial charge in [-0.25, -0.2) is 12.8 Å². The summed E-state index contributed by atoms with van der Waals surface area (Å²) < 4.78 is 58.9. The zero-order valence-electron chi connectivity index (χ0n) is 8.41. The number of pyridine rings is 1. The minimum absolute atomic E-state index is 0.419. The molecule has 1 N–H and O–H groups in total. The number of H-pyrrole nitrogens is 1. The van der Waals surface area contributed by atoms with Crippen LogP contribution in [0.5, 0.6) is 0 Å². The monoisotopic (exact) mass is 267 g/mol. The lowest BCUT2D eigenvalue weighted by molar-refractivity contribution is 0.373. The van der Waals surface area contributed by atoms with Crippen LogP contribution >= 0.6 is 0 Å². The summed E-state index contributed by atoms with van der Waals surface area (Å²) in [6, 6.07) is 3.40. The zero-order valence-corrected chi connectivity index (χ0v) is 9.23. The summed E-state index contributed by atoms with van der Waals surface area (Å²) in [6.07, 6.45) is -3.47. The maximum Gasteiger partial charge on any atom is 0.301 e. The number of sulfone groups is 1. The van der Waals surface area contributed by atoms with E-state index < -0.39 is 44.5 Å². The van der Waals surface area contributed by atoms with Crippen LogP contribution in [0.4, 0.5) is 13.2 Å². The van der Waals surface area contributed by atoms with Gasteiger partial charge >= 0.3 is 6.08 Å². The fraction of sp³-hybridized carbons (Fsp3) is 0.222. The van der Waals surface area contributed by atoms with Crippen molar-refractivity contribution >= 4 is 9.84 Å². The molecule has 0 radical (unpaired) electrons. The van der Waals surface area contributed by atoms with Crippen molar-refractivity contribution in [2.75, 3.05) is 5.75 Å². The van der Waals surface area contributed by atoms with Gasteiger partial charge in [0.05, 0.1) is 5.75 Å². The molecule has 0 fully saturated rings. The Balaban J connectivity index is 2.91. The Bertz CT molecular complexity index is 588. The average molecular weight is 267 g/mol. The number of hydrogen-bond donors (Lipinski definition) is 1. The molecule has 94 valence electrons. The quantitative estimate of drug-likeness (QED) is 0.901. The van der Waals surface area contributed by atoms with Gasteiger partial charge in [0.2, 0.25) is 5.56 Å². The van der Waals surface area contributed by atoms with Gasteiger partial charge in [-0.05, 0) is 6.07 Å². The summed E-state index contributed by atoms with van der Waals surface area (Å²) in [5, 5.41) is -0.419. The molecule has 0 amide bonds. The van der Waals surface area contributed by atoms with Gasteiger partial charge in [0.15, 0.2) is 15.7 Å². The predicted octanol–water partition coefficient (Wildman–Crippen LogP) is 1.62. The highest BCUT2D eigenvalue weighted by Gasteiger charge is 2.17. The van der Waals surface area contributed by atoms with Crippen LogP contribution in [0.2, 0.25) is 0 Å². The molecule has 1 heterocycles. The average Bonchev–Trinajstić information content (AvgIpc) is 2.26. The lowest BCUT2D eigenvalue weighted by Gasteiger charge is -2.02. The standard InChI is InChI=1S/C9H8F3NO3S/c10-6(9(11)12)4-5-17(15,16)8-3-1-2-7(14)13-8/h1-3H,4-5H2,(H,13,14). The van der Waals surface area contributed by atoms with Crippen molar-refractivity contribution in [1.82, 2.24) is 4.98 Å². The molecule has 8 heteroatoms. The van der Waals surface area contributed by atoms with Crippen LogP contribution in [0.15, 0.2) is 39.9 Å². The van der Waals surface area contributed by atoms with E-state index in [1.165, 1.54) is 6.07 Å². The van der Waals surface area contributed by atoms with Gasteiger partial charge in [-0.2, -0.15) is 8.78 Å². The van der Waals surface area contributed by atoms with E-state index in [1.807, 2.05) is 4.98 Å². The van der Waals surface area contributed by atoms with Gasteiger partial charge in [-0.1, -0.05) is 6.07 Å². The fourth-order valence-electron chi connectivity index (χ4n) is 1.04. The van der Waals surface area contributed by atoms with Crippen LogP contribution in [0.1, 0.15) is 6.42 Å². The smallest absolute Gasteiger partial charge is 0.301 e. The van der Waals surface area contributed by atoms with Gasteiger partial charge < -0.3 is 4.98 Å². The van der Waals surface area contributed by atoms with Crippen LogP contribution in [-0.2, 0) is 9.84 Å². The SMILES string of the molecule is O=c1cccc(S(=O)(=O)CCC(F)=C(F)F)[nH]1. The molecule has 0 aliphatic rings. The summed E-state index contributed by atoms with van der Waals surface area (Å²) in [5.74, 6) is -2.61. The van der Waals surface area contributed by atoms with Gasteiger partial charge in [-0.3, -0.25) is 4.79 Å². The van der Waals surface area contributed by atoms with Gasteiger partial charge in [0.25, 0.3) is 0 Å². The van der Waals surface area contributed by atoms with Gasteiger partial charge in [-0.15, -0.1) is 0 Å². The third-order valence-corrected chi connectivity index (χ3v) is 3.52. The summed E-state index contributed by atoms with van der Waals surface area (Å²) in [4.78, 5) is 12.9. The van der Waals surface area contributed by atoms with Crippen LogP contribution < -0.4 is 5.56 Å². The number of hydrogen-bond acceptors (Lipinski definition) is 3. The Hall–Kier alpha value is -1.57. The first kappa shape index (κ1) is 13.5. The summed E-state index contributed by atoms with van der Waals surface area (Å²) >= 11 is 0. The van der Waals surface area contributed by atoms with Gasteiger partial charge in [0.1, 0.15) is 5.03 Å². The molecule has 1 aromatic heterocycles. The highest BCUT2D eigenvalue weighted by Crippen LogP contribution is 2.16. The van der Waals surface area contributed by atoms with Crippen molar-refractivity contribution in [1.29, 1.82) is 0 Å². The Morgan fingerprint density at radius 2 is 1.88 bits per heavy atom. The summed E-state index contributed by atoms with van der Waals surface area (Å²) in [7, 11) is -3.97. The van der Waals surface area contributed by atoms with Crippen molar-refractivity contribution in [3.63, 3.8) is 0 Å². The second kappa shape index (κ2) is 5.17. The number of allylic oxidation sites excluding steroid dienone is 1. The number of aromatic amines is 1. The molecule has 0 aliphatic heterocycles. The molecule has 0 atom stereocenters. The lowest BCUT2D eigenvalue weighted by Crippen LogP contribution is -2.14. The third kappa shape index (κ3) is 3.74. The minimum Gasteiger partial charge on any atom is -0.313 e. The Morgan fingerprint density at radius 1 is 1.24 bits per heavy atom. The largest absolute Gasteiger partial charge is 0.313 e. The normalized spacial score (nSPS) is 11.2. The molecule has 0 unspecified atom stereocenters. The van der Waals surface area contributed by atoms with Crippen LogP contribution in [-0.4, -0.2) is 19.2 Å². The van der Waals surface area contributed by atoms with Crippen molar-refractivity contribution < 1.29 is 21.6 Å². The number of nitrogens with one attached hydrogen (secondary N) is 1. The highest BCUT2D eigenvalue weighted by atomic mass is 32.2. The maximum absolute atomic E-state index is 12.4. The second-order valence-corrected chi connectivity index (χ2v) is 5.19. The Labute approximate surface area is 94.7 Å². The first-order valence-corrected chi connectivity index (χ1v) is 6.10. The molecule has 17 heavy (non-hydrogen) atoms. The van der Waals surface area contributed by atoms with Crippen LogP contribution in [0, 0.1) is 0 Å². The van der Waals surface area contributed by atoms with E-state index in [0.717, 1.165) is 12.1 Å². The van der Waals surface area contributed by atoms with Crippen LogP contribution in [0.3, 0.4) is 0 Å². The lowest BCUT2D eigenvalue weighted by atomic mass is 10.4. The van der Waals surface area contributed by atoms with E-state index in [0.29, 0.717) is 0 Å². The second-order valence-electron chi connectivity index (χ2n) is 3.11. The molecule has 1 rings (SSSR count). The molecule has 0 bridgehead atoms. The summed E-state index contributed by atoms with van der Waals surface area (Å²) in [6.45, 7) is 0. The molecule has 1 aromatic rings. The number of halogens is 3. The Morgan fingerprint density at radius 3 is 2.41 bits per heavy atom. The van der Waals surface area contributed by atoms with E-state index in [-0.39, 0.29) is 0 Å². The first-order valence-electron chi connectivity index (χ1n) is 4.44. The molecule has 0 saturated heterocycles. The predicted molar refractivity (Wildman–Crippen MR) is 54.1 cm³/mol. The minimum atomic E-state index is -3.97. The molecule has 0 aliphatic carbocycles. The van der Waals surface area contributed by atoms with Gasteiger partial charge in [0, 0.05) is 12.5 Å². The third-order valence-electron chi connectivity index (χ3n) is 1.87. The van der Waals surface area contributed by atoms with Crippen molar-refractivity contribution in [2.45, 2.75) is 11.4 Å². The first-order chi connectivity index (χ1) is 7.83. The van der Waals surface area contributed by atoms with Crippen molar-refractivity contribution in [3.8, 4) is 0 Å². The Kier molecular flexibility index (Phi) is 4.11. The molecular weight excluding hydrogens is 259 g/mol. The molecule has 0 saturated carbocycles. The fourth-order valence-corrected chi connectivity index (χ4v) is 2.25. The molecule has 0 aromatic carbocycles. The highest BCUT2D eigenvalue weighted by molar-refractivity contribution is 7.91. The molecular formula is C9H8F3NO3S. The summed E-state index contributed by atoms with van der Waals surface area (Å²) in [5.41, 5.74) is -0.640. The van der Waals surface area contributed by atoms with Crippen molar-refractivity contribution in [2.24, 2.45) is 0 Å². The number of rotatable bonds is 4. The molecule has 4 nitrogen and oxygen atoms in total. The molecule has 0 spiro atoms. The van der Waals surface area contributed by atoms with E-state index in [1.54, 1.807) is 0 Å². The number of aromatic nitrogens is 1.